The van der Waals surface area contributed by atoms with Crippen molar-refractivity contribution < 1.29 is 14.3 Å². The SMILES string of the molecule is CCCCOC(=O)c1ccc2nc(NC(=O)c3ccccc3Cl)sc2c1. The van der Waals surface area contributed by atoms with E-state index in [9.17, 15) is 9.59 Å². The van der Waals surface area contributed by atoms with Crippen molar-refractivity contribution in [3.63, 3.8) is 0 Å². The minimum Gasteiger partial charge on any atom is -0.462 e. The van der Waals surface area contributed by atoms with Crippen LogP contribution in [0, 0.1) is 0 Å². The number of hydrogen-bond acceptors (Lipinski definition) is 5. The lowest BCUT2D eigenvalue weighted by molar-refractivity contribution is 0.0500. The van der Waals surface area contributed by atoms with Crippen LogP contribution in [-0.4, -0.2) is 23.5 Å². The second-order valence-electron chi connectivity index (χ2n) is 5.62. The lowest BCUT2D eigenvalue weighted by Gasteiger charge is -2.03. The molecule has 26 heavy (non-hydrogen) atoms. The van der Waals surface area contributed by atoms with E-state index in [4.69, 9.17) is 16.3 Å². The molecule has 0 aliphatic heterocycles. The second kappa shape index (κ2) is 8.29. The summed E-state index contributed by atoms with van der Waals surface area (Å²) in [6.45, 7) is 2.45. The van der Waals surface area contributed by atoms with Crippen molar-refractivity contribution >= 4 is 50.2 Å². The Morgan fingerprint density at radius 1 is 1.23 bits per heavy atom. The van der Waals surface area contributed by atoms with Gasteiger partial charge < -0.3 is 4.74 Å². The maximum atomic E-state index is 12.3. The number of benzene rings is 2. The molecule has 0 aliphatic rings. The van der Waals surface area contributed by atoms with Crippen molar-refractivity contribution in [3.8, 4) is 0 Å². The zero-order valence-electron chi connectivity index (χ0n) is 14.1. The van der Waals surface area contributed by atoms with E-state index >= 15 is 0 Å². The molecule has 1 N–H and O–H groups in total. The van der Waals surface area contributed by atoms with E-state index in [1.807, 2.05) is 6.92 Å². The van der Waals surface area contributed by atoms with Crippen molar-refractivity contribution in [2.24, 2.45) is 0 Å². The van der Waals surface area contributed by atoms with Crippen LogP contribution in [0.15, 0.2) is 42.5 Å². The topological polar surface area (TPSA) is 68.3 Å². The average molecular weight is 389 g/mol. The number of anilines is 1. The number of fused-ring (bicyclic) bond motifs is 1. The first-order valence-corrected chi connectivity index (χ1v) is 9.41. The Labute approximate surface area is 160 Å². The Morgan fingerprint density at radius 3 is 2.81 bits per heavy atom. The highest BCUT2D eigenvalue weighted by Crippen LogP contribution is 2.28. The fourth-order valence-electron chi connectivity index (χ4n) is 2.31. The van der Waals surface area contributed by atoms with Crippen LogP contribution >= 0.6 is 22.9 Å². The van der Waals surface area contributed by atoms with Gasteiger partial charge in [-0.3, -0.25) is 10.1 Å². The van der Waals surface area contributed by atoms with Gasteiger partial charge in [-0.25, -0.2) is 9.78 Å². The molecule has 0 fully saturated rings. The Bertz CT molecular complexity index is 955. The summed E-state index contributed by atoms with van der Waals surface area (Å²) in [6, 6.07) is 12.0. The largest absolute Gasteiger partial charge is 0.462 e. The second-order valence-corrected chi connectivity index (χ2v) is 7.06. The molecule has 0 atom stereocenters. The molecule has 3 aromatic rings. The molecule has 2 aromatic carbocycles. The van der Waals surface area contributed by atoms with Gasteiger partial charge >= 0.3 is 5.97 Å². The summed E-state index contributed by atoms with van der Waals surface area (Å²) in [5.74, 6) is -0.677. The summed E-state index contributed by atoms with van der Waals surface area (Å²) in [5.41, 5.74) is 1.56. The van der Waals surface area contributed by atoms with E-state index in [0.717, 1.165) is 17.5 Å². The molecule has 1 amide bonds. The maximum Gasteiger partial charge on any atom is 0.338 e. The Kier molecular flexibility index (Phi) is 5.85. The van der Waals surface area contributed by atoms with Crippen LogP contribution in [0.1, 0.15) is 40.5 Å². The molecular weight excluding hydrogens is 372 g/mol. The number of thiazole rings is 1. The van der Waals surface area contributed by atoms with Gasteiger partial charge in [0.1, 0.15) is 0 Å². The smallest absolute Gasteiger partial charge is 0.338 e. The summed E-state index contributed by atoms with van der Waals surface area (Å²) in [6.07, 6.45) is 1.81. The molecule has 3 rings (SSSR count). The molecule has 0 aliphatic carbocycles. The third-order valence-electron chi connectivity index (χ3n) is 3.69. The van der Waals surface area contributed by atoms with E-state index in [2.05, 4.69) is 10.3 Å². The quantitative estimate of drug-likeness (QED) is 0.467. The van der Waals surface area contributed by atoms with E-state index in [-0.39, 0.29) is 11.9 Å². The number of aromatic nitrogens is 1. The highest BCUT2D eigenvalue weighted by molar-refractivity contribution is 7.22. The van der Waals surface area contributed by atoms with Gasteiger partial charge in [-0.1, -0.05) is 48.4 Å². The number of hydrogen-bond donors (Lipinski definition) is 1. The molecule has 134 valence electrons. The van der Waals surface area contributed by atoms with Crippen molar-refractivity contribution in [1.29, 1.82) is 0 Å². The van der Waals surface area contributed by atoms with Crippen LogP contribution in [0.2, 0.25) is 5.02 Å². The van der Waals surface area contributed by atoms with E-state index < -0.39 is 0 Å². The Balaban J connectivity index is 1.76. The van der Waals surface area contributed by atoms with Gasteiger partial charge in [-0.05, 0) is 36.8 Å². The van der Waals surface area contributed by atoms with Gasteiger partial charge in [0, 0.05) is 0 Å². The zero-order valence-corrected chi connectivity index (χ0v) is 15.7. The van der Waals surface area contributed by atoms with Gasteiger partial charge in [-0.15, -0.1) is 0 Å². The zero-order chi connectivity index (χ0) is 18.5. The summed E-state index contributed by atoms with van der Waals surface area (Å²) in [4.78, 5) is 28.8. The molecule has 7 heteroatoms. The first-order valence-electron chi connectivity index (χ1n) is 8.22. The highest BCUT2D eigenvalue weighted by Gasteiger charge is 2.14. The molecule has 1 heterocycles. The Morgan fingerprint density at radius 2 is 2.04 bits per heavy atom. The fraction of sp³-hybridized carbons (Fsp3) is 0.211. The number of carbonyl (C=O) groups excluding carboxylic acids is 2. The number of unbranched alkanes of at least 4 members (excludes halogenated alkanes) is 1. The number of carbonyl (C=O) groups is 2. The van der Waals surface area contributed by atoms with Gasteiger partial charge in [0.05, 0.1) is 33.0 Å². The third-order valence-corrected chi connectivity index (χ3v) is 4.96. The average Bonchev–Trinajstić information content (AvgIpc) is 3.03. The first kappa shape index (κ1) is 18.4. The molecule has 5 nitrogen and oxygen atoms in total. The predicted molar refractivity (Wildman–Crippen MR) is 104 cm³/mol. The molecule has 0 bridgehead atoms. The molecule has 0 radical (unpaired) electrons. The molecule has 0 saturated carbocycles. The van der Waals surface area contributed by atoms with Gasteiger partial charge in [0.2, 0.25) is 0 Å². The summed E-state index contributed by atoms with van der Waals surface area (Å²) in [7, 11) is 0. The van der Waals surface area contributed by atoms with Crippen molar-refractivity contribution in [2.75, 3.05) is 11.9 Å². The lowest BCUT2D eigenvalue weighted by Crippen LogP contribution is -2.11. The minimum absolute atomic E-state index is 0.325. The maximum absolute atomic E-state index is 12.3. The number of ether oxygens (including phenoxy) is 1. The monoisotopic (exact) mass is 388 g/mol. The van der Waals surface area contributed by atoms with Crippen molar-refractivity contribution in [1.82, 2.24) is 4.98 Å². The van der Waals surface area contributed by atoms with Crippen LogP contribution in [0.4, 0.5) is 5.13 Å². The van der Waals surface area contributed by atoms with Crippen LogP contribution in [0.5, 0.6) is 0 Å². The van der Waals surface area contributed by atoms with Crippen LogP contribution < -0.4 is 5.32 Å². The normalized spacial score (nSPS) is 10.7. The first-order chi connectivity index (χ1) is 12.6. The highest BCUT2D eigenvalue weighted by atomic mass is 35.5. The molecule has 1 aromatic heterocycles. The third kappa shape index (κ3) is 4.20. The lowest BCUT2D eigenvalue weighted by atomic mass is 10.2. The van der Waals surface area contributed by atoms with Gasteiger partial charge in [0.25, 0.3) is 5.91 Å². The van der Waals surface area contributed by atoms with Crippen molar-refractivity contribution in [2.45, 2.75) is 19.8 Å². The van der Waals surface area contributed by atoms with Crippen molar-refractivity contribution in [3.05, 3.63) is 58.6 Å². The summed E-state index contributed by atoms with van der Waals surface area (Å²) in [5, 5.41) is 3.57. The van der Waals surface area contributed by atoms with E-state index in [0.29, 0.717) is 33.4 Å². The van der Waals surface area contributed by atoms with Gasteiger partial charge in [-0.2, -0.15) is 0 Å². The van der Waals surface area contributed by atoms with Gasteiger partial charge in [0.15, 0.2) is 5.13 Å². The molecule has 0 spiro atoms. The summed E-state index contributed by atoms with van der Waals surface area (Å²) >= 11 is 7.33. The fourth-order valence-corrected chi connectivity index (χ4v) is 3.43. The standard InChI is InChI=1S/C19H17ClN2O3S/c1-2-3-10-25-18(24)12-8-9-15-16(11-12)26-19(21-15)22-17(23)13-6-4-5-7-14(13)20/h4-9,11H,2-3,10H2,1H3,(H,21,22,23). The van der Waals surface area contributed by atoms with Crippen LogP contribution in [-0.2, 0) is 4.74 Å². The number of nitrogens with zero attached hydrogens (tertiary/aromatic N) is 1. The number of rotatable bonds is 6. The van der Waals surface area contributed by atoms with E-state index in [1.165, 1.54) is 11.3 Å². The molecule has 0 unspecified atom stereocenters. The number of halogens is 1. The van der Waals surface area contributed by atoms with Crippen LogP contribution in [0.3, 0.4) is 0 Å². The number of esters is 1. The molecular formula is C19H17ClN2O3S. The number of nitrogens with one attached hydrogen (secondary N) is 1. The van der Waals surface area contributed by atoms with E-state index in [1.54, 1.807) is 42.5 Å². The summed E-state index contributed by atoms with van der Waals surface area (Å²) < 4.78 is 6.02. The minimum atomic E-state index is -0.351. The van der Waals surface area contributed by atoms with Crippen LogP contribution in [0.25, 0.3) is 10.2 Å². The Hall–Kier alpha value is -2.44. The number of amides is 1. The molecule has 0 saturated heterocycles. The predicted octanol–water partition coefficient (Wildman–Crippen LogP) is 5.16.